The average molecular weight is 416 g/mol. The second-order valence-electron chi connectivity index (χ2n) is 6.95. The summed E-state index contributed by atoms with van der Waals surface area (Å²) in [6.45, 7) is -0.0758. The third kappa shape index (κ3) is 7.12. The maximum Gasteiger partial charge on any atom is 0.329 e. The highest BCUT2D eigenvalue weighted by Crippen LogP contribution is 2.07. The van der Waals surface area contributed by atoms with E-state index in [9.17, 15) is 14.4 Å². The summed E-state index contributed by atoms with van der Waals surface area (Å²) in [5.41, 5.74) is 2.25. The topological polar surface area (TPSA) is 84.5 Å². The molecule has 3 rings (SSSR count). The van der Waals surface area contributed by atoms with Crippen LogP contribution < -0.4 is 10.6 Å². The van der Waals surface area contributed by atoms with Crippen LogP contribution in [0.1, 0.15) is 21.5 Å². The van der Waals surface area contributed by atoms with E-state index in [0.29, 0.717) is 12.1 Å². The van der Waals surface area contributed by atoms with Gasteiger partial charge in [-0.2, -0.15) is 0 Å². The Morgan fingerprint density at radius 2 is 1.29 bits per heavy atom. The van der Waals surface area contributed by atoms with E-state index in [1.807, 2.05) is 60.7 Å². The van der Waals surface area contributed by atoms with Gasteiger partial charge in [-0.15, -0.1) is 0 Å². The van der Waals surface area contributed by atoms with E-state index in [0.717, 1.165) is 11.1 Å². The van der Waals surface area contributed by atoms with Crippen LogP contribution in [0, 0.1) is 0 Å². The summed E-state index contributed by atoms with van der Waals surface area (Å²) in [7, 11) is 0. The lowest BCUT2D eigenvalue weighted by atomic mass is 10.1. The van der Waals surface area contributed by atoms with Gasteiger partial charge >= 0.3 is 5.97 Å². The molecule has 0 spiro atoms. The number of rotatable bonds is 9. The summed E-state index contributed by atoms with van der Waals surface area (Å²) < 4.78 is 5.20. The molecule has 0 saturated carbocycles. The molecule has 0 aliphatic carbocycles. The van der Waals surface area contributed by atoms with Gasteiger partial charge in [0.25, 0.3) is 11.8 Å². The fraction of sp³-hybridized carbons (Fsp3) is 0.160. The maximum atomic E-state index is 12.7. The summed E-state index contributed by atoms with van der Waals surface area (Å²) in [4.78, 5) is 37.3. The Kier molecular flexibility index (Phi) is 7.94. The number of hydrogen-bond donors (Lipinski definition) is 2. The first-order valence-corrected chi connectivity index (χ1v) is 9.99. The van der Waals surface area contributed by atoms with E-state index in [2.05, 4.69) is 10.6 Å². The molecule has 3 aromatic rings. The van der Waals surface area contributed by atoms with Crippen molar-refractivity contribution in [3.8, 4) is 0 Å². The molecule has 1 unspecified atom stereocenters. The SMILES string of the molecule is O=C(COC(=O)C(Cc1ccccc1)NC(=O)c1ccccc1)NCc1ccccc1. The van der Waals surface area contributed by atoms with Gasteiger partial charge in [0.05, 0.1) is 0 Å². The minimum atomic E-state index is -0.919. The third-order valence-electron chi connectivity index (χ3n) is 4.59. The largest absolute Gasteiger partial charge is 0.454 e. The summed E-state index contributed by atoms with van der Waals surface area (Å²) in [6, 6.07) is 26.4. The predicted octanol–water partition coefficient (Wildman–Crippen LogP) is 2.89. The smallest absolute Gasteiger partial charge is 0.329 e. The fourth-order valence-corrected chi connectivity index (χ4v) is 2.96. The molecule has 6 heteroatoms. The van der Waals surface area contributed by atoms with Crippen LogP contribution in [-0.2, 0) is 27.3 Å². The molecule has 3 aromatic carbocycles. The number of nitrogens with one attached hydrogen (secondary N) is 2. The highest BCUT2D eigenvalue weighted by molar-refractivity contribution is 5.97. The van der Waals surface area contributed by atoms with Crippen molar-refractivity contribution in [3.63, 3.8) is 0 Å². The second kappa shape index (κ2) is 11.3. The van der Waals surface area contributed by atoms with Gasteiger partial charge in [0.15, 0.2) is 6.61 Å². The van der Waals surface area contributed by atoms with Crippen LogP contribution >= 0.6 is 0 Å². The number of carbonyl (C=O) groups excluding carboxylic acids is 3. The minimum Gasteiger partial charge on any atom is -0.454 e. The molecule has 2 amide bonds. The Bertz CT molecular complexity index is 992. The number of carbonyl (C=O) groups is 3. The molecular weight excluding hydrogens is 392 g/mol. The molecule has 158 valence electrons. The lowest BCUT2D eigenvalue weighted by Crippen LogP contribution is -2.44. The van der Waals surface area contributed by atoms with Crippen LogP contribution in [0.25, 0.3) is 0 Å². The number of esters is 1. The Labute approximate surface area is 181 Å². The first-order valence-electron chi connectivity index (χ1n) is 9.99. The van der Waals surface area contributed by atoms with E-state index in [-0.39, 0.29) is 12.3 Å². The molecule has 0 aliphatic heterocycles. The zero-order valence-electron chi connectivity index (χ0n) is 17.0. The van der Waals surface area contributed by atoms with Crippen molar-refractivity contribution < 1.29 is 19.1 Å². The van der Waals surface area contributed by atoms with Gasteiger partial charge in [-0.25, -0.2) is 4.79 Å². The summed E-state index contributed by atoms with van der Waals surface area (Å²) in [5.74, 6) is -1.46. The summed E-state index contributed by atoms with van der Waals surface area (Å²) >= 11 is 0. The molecule has 0 aromatic heterocycles. The first kappa shape index (κ1) is 21.8. The highest BCUT2D eigenvalue weighted by Gasteiger charge is 2.24. The molecule has 0 aliphatic rings. The van der Waals surface area contributed by atoms with Gasteiger partial charge in [0.2, 0.25) is 0 Å². The van der Waals surface area contributed by atoms with Crippen molar-refractivity contribution in [3.05, 3.63) is 108 Å². The normalized spacial score (nSPS) is 11.2. The molecule has 0 saturated heterocycles. The second-order valence-corrected chi connectivity index (χ2v) is 6.95. The molecule has 0 heterocycles. The Hall–Kier alpha value is -3.93. The first-order chi connectivity index (χ1) is 15.1. The number of ether oxygens (including phenoxy) is 1. The van der Waals surface area contributed by atoms with Gasteiger partial charge in [0.1, 0.15) is 6.04 Å². The van der Waals surface area contributed by atoms with E-state index < -0.39 is 24.5 Å². The van der Waals surface area contributed by atoms with Crippen molar-refractivity contribution in [2.75, 3.05) is 6.61 Å². The van der Waals surface area contributed by atoms with Crippen molar-refractivity contribution in [1.82, 2.24) is 10.6 Å². The lowest BCUT2D eigenvalue weighted by Gasteiger charge is -2.18. The van der Waals surface area contributed by atoms with Gasteiger partial charge in [-0.1, -0.05) is 78.9 Å². The van der Waals surface area contributed by atoms with Gasteiger partial charge < -0.3 is 15.4 Å². The molecular formula is C25H24N2O4. The zero-order chi connectivity index (χ0) is 21.9. The Morgan fingerprint density at radius 1 is 0.742 bits per heavy atom. The van der Waals surface area contributed by atoms with Crippen LogP contribution in [0.15, 0.2) is 91.0 Å². The average Bonchev–Trinajstić information content (AvgIpc) is 2.82. The van der Waals surface area contributed by atoms with Crippen LogP contribution in [0.3, 0.4) is 0 Å². The van der Waals surface area contributed by atoms with Crippen molar-refractivity contribution in [1.29, 1.82) is 0 Å². The van der Waals surface area contributed by atoms with Crippen LogP contribution in [0.2, 0.25) is 0 Å². The fourth-order valence-electron chi connectivity index (χ4n) is 2.96. The quantitative estimate of drug-likeness (QED) is 0.526. The summed E-state index contributed by atoms with van der Waals surface area (Å²) in [5, 5.41) is 5.42. The molecule has 31 heavy (non-hydrogen) atoms. The van der Waals surface area contributed by atoms with Crippen LogP contribution in [0.4, 0.5) is 0 Å². The van der Waals surface area contributed by atoms with E-state index >= 15 is 0 Å². The van der Waals surface area contributed by atoms with Crippen LogP contribution in [-0.4, -0.2) is 30.4 Å². The Balaban J connectivity index is 1.58. The standard InChI is InChI=1S/C25H24N2O4/c28-23(26-17-20-12-6-2-7-13-20)18-31-25(30)22(16-19-10-4-1-5-11-19)27-24(29)21-14-8-3-9-15-21/h1-15,22H,16-18H2,(H,26,28)(H,27,29). The van der Waals surface area contributed by atoms with Crippen LogP contribution in [0.5, 0.6) is 0 Å². The highest BCUT2D eigenvalue weighted by atomic mass is 16.5. The van der Waals surface area contributed by atoms with E-state index in [1.165, 1.54) is 0 Å². The zero-order valence-corrected chi connectivity index (χ0v) is 17.0. The number of benzene rings is 3. The Morgan fingerprint density at radius 3 is 1.90 bits per heavy atom. The summed E-state index contributed by atoms with van der Waals surface area (Å²) in [6.07, 6.45) is 0.254. The van der Waals surface area contributed by atoms with Crippen molar-refractivity contribution in [2.45, 2.75) is 19.0 Å². The van der Waals surface area contributed by atoms with Gasteiger partial charge in [0, 0.05) is 18.5 Å². The molecule has 0 bridgehead atoms. The molecule has 6 nitrogen and oxygen atoms in total. The molecule has 0 radical (unpaired) electrons. The van der Waals surface area contributed by atoms with Gasteiger partial charge in [-0.3, -0.25) is 9.59 Å². The number of amides is 2. The molecule has 2 N–H and O–H groups in total. The maximum absolute atomic E-state index is 12.7. The predicted molar refractivity (Wildman–Crippen MR) is 117 cm³/mol. The third-order valence-corrected chi connectivity index (χ3v) is 4.59. The number of hydrogen-bond acceptors (Lipinski definition) is 4. The van der Waals surface area contributed by atoms with E-state index in [1.54, 1.807) is 30.3 Å². The van der Waals surface area contributed by atoms with Gasteiger partial charge in [-0.05, 0) is 23.3 Å². The van der Waals surface area contributed by atoms with E-state index in [4.69, 9.17) is 4.74 Å². The lowest BCUT2D eigenvalue weighted by molar-refractivity contribution is -0.150. The monoisotopic (exact) mass is 416 g/mol. The molecule has 0 fully saturated rings. The minimum absolute atomic E-state index is 0.254. The molecule has 1 atom stereocenters. The van der Waals surface area contributed by atoms with Crippen molar-refractivity contribution in [2.24, 2.45) is 0 Å². The van der Waals surface area contributed by atoms with Crippen molar-refractivity contribution >= 4 is 17.8 Å².